The van der Waals surface area contributed by atoms with E-state index in [1.165, 1.54) is 18.9 Å². The number of anilines is 2. The minimum absolute atomic E-state index is 0.00121. The molecule has 0 heterocycles. The van der Waals surface area contributed by atoms with Crippen molar-refractivity contribution in [1.82, 2.24) is 5.32 Å². The normalized spacial score (nSPS) is 11.6. The van der Waals surface area contributed by atoms with Crippen LogP contribution in [0.4, 0.5) is 11.4 Å². The highest BCUT2D eigenvalue weighted by Gasteiger charge is 2.23. The Morgan fingerprint density at radius 1 is 0.731 bits per heavy atom. The monoisotopic (exact) mass is 715 g/mol. The van der Waals surface area contributed by atoms with Crippen LogP contribution in [0.3, 0.4) is 0 Å². The van der Waals surface area contributed by atoms with Gasteiger partial charge in [0.15, 0.2) is 0 Å². The number of methoxy groups -OCH3 is 2. The van der Waals surface area contributed by atoms with Crippen LogP contribution in [0.5, 0.6) is 17.2 Å². The van der Waals surface area contributed by atoms with E-state index < -0.39 is 17.1 Å². The number of ether oxygens (including phenoxy) is 3. The Balaban J connectivity index is 1.36. The Morgan fingerprint density at radius 3 is 2.13 bits per heavy atom. The zero-order valence-corrected chi connectivity index (χ0v) is 30.1. The standard InChI is InChI=1S/C42H41N3O6S/c1-4-5-25-51-34-23-20-32(21-24-34)43-42(48)39(29-13-8-6-9-14-29)52-36-18-12-17-33(27-36)44-41(47)37(45-40(46)30-15-10-7-11-16-30)26-31-19-22-35(49-2)28-38(31)50-3/h6-24,26-28,39H,4-5,25H2,1-3H3,(H,43,48)(H,44,47)(H,45,46)/b37-26+. The number of rotatable bonds is 16. The van der Waals surface area contributed by atoms with Gasteiger partial charge in [-0.05, 0) is 84.8 Å². The minimum Gasteiger partial charge on any atom is -0.497 e. The van der Waals surface area contributed by atoms with Crippen molar-refractivity contribution in [3.05, 3.63) is 150 Å². The summed E-state index contributed by atoms with van der Waals surface area (Å²) in [7, 11) is 3.06. The van der Waals surface area contributed by atoms with Crippen molar-refractivity contribution in [2.75, 3.05) is 31.5 Å². The first kappa shape index (κ1) is 37.3. The highest BCUT2D eigenvalue weighted by molar-refractivity contribution is 8.00. The van der Waals surface area contributed by atoms with Crippen molar-refractivity contribution in [3.63, 3.8) is 0 Å². The molecule has 0 aromatic heterocycles. The number of carbonyl (C=O) groups excluding carboxylic acids is 3. The zero-order chi connectivity index (χ0) is 36.7. The van der Waals surface area contributed by atoms with Crippen LogP contribution in [0.25, 0.3) is 6.08 Å². The molecule has 0 spiro atoms. The van der Waals surface area contributed by atoms with Crippen molar-refractivity contribution in [1.29, 1.82) is 0 Å². The third-order valence-corrected chi connectivity index (χ3v) is 9.09. The first-order chi connectivity index (χ1) is 25.4. The molecule has 9 nitrogen and oxygen atoms in total. The predicted octanol–water partition coefficient (Wildman–Crippen LogP) is 8.76. The molecule has 1 unspecified atom stereocenters. The number of thioether (sulfide) groups is 1. The molecular weight excluding hydrogens is 675 g/mol. The van der Waals surface area contributed by atoms with Gasteiger partial charge in [0.25, 0.3) is 11.8 Å². The minimum atomic E-state index is -0.601. The predicted molar refractivity (Wildman–Crippen MR) is 207 cm³/mol. The van der Waals surface area contributed by atoms with Crippen molar-refractivity contribution >= 4 is 46.9 Å². The number of benzene rings is 5. The zero-order valence-electron chi connectivity index (χ0n) is 29.3. The van der Waals surface area contributed by atoms with E-state index in [0.717, 1.165) is 29.1 Å². The highest BCUT2D eigenvalue weighted by atomic mass is 32.2. The lowest BCUT2D eigenvalue weighted by Crippen LogP contribution is -2.30. The highest BCUT2D eigenvalue weighted by Crippen LogP contribution is 2.37. The average molecular weight is 716 g/mol. The molecule has 10 heteroatoms. The van der Waals surface area contributed by atoms with Gasteiger partial charge in [0.2, 0.25) is 5.91 Å². The maximum atomic E-state index is 13.8. The summed E-state index contributed by atoms with van der Waals surface area (Å²) in [6.45, 7) is 2.76. The van der Waals surface area contributed by atoms with E-state index in [2.05, 4.69) is 22.9 Å². The van der Waals surface area contributed by atoms with E-state index in [1.54, 1.807) is 79.9 Å². The Kier molecular flexibility index (Phi) is 13.5. The molecule has 0 bridgehead atoms. The van der Waals surface area contributed by atoms with E-state index in [0.29, 0.717) is 40.6 Å². The summed E-state index contributed by atoms with van der Waals surface area (Å²) >= 11 is 1.35. The van der Waals surface area contributed by atoms with E-state index in [1.807, 2.05) is 60.7 Å². The summed E-state index contributed by atoms with van der Waals surface area (Å²) in [5, 5.41) is 8.11. The molecule has 5 rings (SSSR count). The van der Waals surface area contributed by atoms with Crippen LogP contribution in [0.1, 0.15) is 46.5 Å². The van der Waals surface area contributed by atoms with Gasteiger partial charge in [-0.15, -0.1) is 11.8 Å². The molecule has 5 aromatic rings. The van der Waals surface area contributed by atoms with Crippen molar-refractivity contribution in [2.24, 2.45) is 0 Å². The van der Waals surface area contributed by atoms with E-state index >= 15 is 0 Å². The molecule has 266 valence electrons. The summed E-state index contributed by atoms with van der Waals surface area (Å²) in [5.74, 6) is 0.583. The van der Waals surface area contributed by atoms with Crippen molar-refractivity contribution < 1.29 is 28.6 Å². The molecule has 0 fully saturated rings. The lowest BCUT2D eigenvalue weighted by atomic mass is 10.1. The van der Waals surface area contributed by atoms with Gasteiger partial charge in [0.1, 0.15) is 28.2 Å². The molecule has 0 aliphatic carbocycles. The second-order valence-corrected chi connectivity index (χ2v) is 12.8. The van der Waals surface area contributed by atoms with Gasteiger partial charge in [-0.1, -0.05) is 67.9 Å². The van der Waals surface area contributed by atoms with Crippen molar-refractivity contribution in [2.45, 2.75) is 29.9 Å². The lowest BCUT2D eigenvalue weighted by molar-refractivity contribution is -0.116. The molecule has 1 atom stereocenters. The third-order valence-electron chi connectivity index (χ3n) is 7.84. The third kappa shape index (κ3) is 10.5. The van der Waals surface area contributed by atoms with Crippen LogP contribution in [-0.4, -0.2) is 38.5 Å². The first-order valence-corrected chi connectivity index (χ1v) is 17.7. The van der Waals surface area contributed by atoms with Gasteiger partial charge in [0.05, 0.1) is 20.8 Å². The average Bonchev–Trinajstić information content (AvgIpc) is 3.18. The van der Waals surface area contributed by atoms with Crippen LogP contribution >= 0.6 is 11.8 Å². The first-order valence-electron chi connectivity index (χ1n) is 16.8. The van der Waals surface area contributed by atoms with Crippen LogP contribution in [0.2, 0.25) is 0 Å². The maximum Gasteiger partial charge on any atom is 0.272 e. The molecule has 5 aromatic carbocycles. The molecule has 0 radical (unpaired) electrons. The molecule has 3 amide bonds. The Hall–Kier alpha value is -6.00. The Morgan fingerprint density at radius 2 is 1.44 bits per heavy atom. The van der Waals surface area contributed by atoms with Gasteiger partial charge in [-0.3, -0.25) is 14.4 Å². The number of nitrogens with one attached hydrogen (secondary N) is 3. The fourth-order valence-electron chi connectivity index (χ4n) is 5.09. The fourth-order valence-corrected chi connectivity index (χ4v) is 6.18. The Labute approximate surface area is 308 Å². The lowest BCUT2D eigenvalue weighted by Gasteiger charge is -2.18. The van der Waals surface area contributed by atoms with Crippen LogP contribution in [0, 0.1) is 0 Å². The van der Waals surface area contributed by atoms with Crippen LogP contribution in [-0.2, 0) is 9.59 Å². The molecule has 52 heavy (non-hydrogen) atoms. The topological polar surface area (TPSA) is 115 Å². The second-order valence-electron chi connectivity index (χ2n) is 11.6. The van der Waals surface area contributed by atoms with Crippen molar-refractivity contribution in [3.8, 4) is 17.2 Å². The molecule has 0 aliphatic heterocycles. The van der Waals surface area contributed by atoms with Gasteiger partial charge < -0.3 is 30.2 Å². The number of carbonyl (C=O) groups is 3. The number of unbranched alkanes of at least 4 members (excludes halogenated alkanes) is 1. The molecule has 3 N–H and O–H groups in total. The number of hydrogen-bond acceptors (Lipinski definition) is 7. The molecule has 0 saturated carbocycles. The van der Waals surface area contributed by atoms with E-state index in [9.17, 15) is 14.4 Å². The second kappa shape index (κ2) is 18.8. The molecule has 0 aliphatic rings. The smallest absolute Gasteiger partial charge is 0.272 e. The van der Waals surface area contributed by atoms with Gasteiger partial charge in [-0.2, -0.15) is 0 Å². The summed E-state index contributed by atoms with van der Waals surface area (Å²) < 4.78 is 16.6. The van der Waals surface area contributed by atoms with Gasteiger partial charge in [-0.25, -0.2) is 0 Å². The summed E-state index contributed by atoms with van der Waals surface area (Å²) in [6, 6.07) is 37.9. The van der Waals surface area contributed by atoms with Crippen LogP contribution in [0.15, 0.2) is 138 Å². The van der Waals surface area contributed by atoms with Crippen LogP contribution < -0.4 is 30.2 Å². The molecular formula is C42H41N3O6S. The summed E-state index contributed by atoms with van der Waals surface area (Å²) in [5.41, 5.74) is 2.90. The van der Waals surface area contributed by atoms with E-state index in [4.69, 9.17) is 14.2 Å². The number of hydrogen-bond donors (Lipinski definition) is 3. The maximum absolute atomic E-state index is 13.8. The van der Waals surface area contributed by atoms with E-state index in [-0.39, 0.29) is 11.6 Å². The summed E-state index contributed by atoms with van der Waals surface area (Å²) in [4.78, 5) is 41.5. The summed E-state index contributed by atoms with van der Waals surface area (Å²) in [6.07, 6.45) is 3.57. The SMILES string of the molecule is CCCCOc1ccc(NC(=O)C(Sc2cccc(NC(=O)/C(=C\c3ccc(OC)cc3OC)NC(=O)c3ccccc3)c2)c2ccccc2)cc1. The Bertz CT molecular complexity index is 1980. The number of amides is 3. The van der Waals surface area contributed by atoms with Gasteiger partial charge in [0, 0.05) is 33.5 Å². The quantitative estimate of drug-likeness (QED) is 0.0532. The largest absolute Gasteiger partial charge is 0.497 e. The fraction of sp³-hybridized carbons (Fsp3) is 0.167. The molecule has 0 saturated heterocycles. The van der Waals surface area contributed by atoms with Gasteiger partial charge >= 0.3 is 0 Å².